The predicted molar refractivity (Wildman–Crippen MR) is 80.0 cm³/mol. The smallest absolute Gasteiger partial charge is 0.144 e. The lowest BCUT2D eigenvalue weighted by molar-refractivity contribution is -0.123. The minimum atomic E-state index is -0.755. The third kappa shape index (κ3) is 3.80. The normalized spacial score (nSPS) is 21.4. The van der Waals surface area contributed by atoms with Crippen LogP contribution in [-0.2, 0) is 4.79 Å². The SMILES string of the molecule is CC(C)C(=O)C(CN1CC[C@@H](F)C1)c1ccc(Cl)cc1. The largest absolute Gasteiger partial charge is 0.299 e. The lowest BCUT2D eigenvalue weighted by Gasteiger charge is -2.24. The molecule has 0 aromatic heterocycles. The van der Waals surface area contributed by atoms with Gasteiger partial charge in [0.25, 0.3) is 0 Å². The second-order valence-corrected chi connectivity index (χ2v) is 6.24. The Bertz CT molecular complexity index is 460. The van der Waals surface area contributed by atoms with Gasteiger partial charge < -0.3 is 0 Å². The van der Waals surface area contributed by atoms with E-state index in [-0.39, 0.29) is 17.6 Å². The molecule has 1 saturated heterocycles. The standard InChI is InChI=1S/C16H21ClFNO/c1-11(2)16(20)15(10-19-8-7-14(18)9-19)12-3-5-13(17)6-4-12/h3-6,11,14-15H,7-10H2,1-2H3/t14-,15?/m1/s1. The minimum Gasteiger partial charge on any atom is -0.299 e. The Labute approximate surface area is 124 Å². The Morgan fingerprint density at radius 1 is 1.40 bits per heavy atom. The molecule has 0 bridgehead atoms. The summed E-state index contributed by atoms with van der Waals surface area (Å²) in [5, 5.41) is 0.662. The molecule has 1 unspecified atom stereocenters. The van der Waals surface area contributed by atoms with Gasteiger partial charge in [-0.15, -0.1) is 0 Å². The number of nitrogens with zero attached hydrogens (tertiary/aromatic N) is 1. The van der Waals surface area contributed by atoms with Gasteiger partial charge in [0.05, 0.1) is 5.92 Å². The van der Waals surface area contributed by atoms with Gasteiger partial charge >= 0.3 is 0 Å². The van der Waals surface area contributed by atoms with Gasteiger partial charge in [-0.25, -0.2) is 4.39 Å². The number of benzene rings is 1. The molecule has 1 aliphatic heterocycles. The van der Waals surface area contributed by atoms with Crippen molar-refractivity contribution < 1.29 is 9.18 Å². The summed E-state index contributed by atoms with van der Waals surface area (Å²) >= 11 is 5.90. The van der Waals surface area contributed by atoms with E-state index in [2.05, 4.69) is 0 Å². The molecule has 1 aromatic carbocycles. The van der Waals surface area contributed by atoms with Crippen LogP contribution in [0.1, 0.15) is 31.7 Å². The summed E-state index contributed by atoms with van der Waals surface area (Å²) in [5.74, 6) is -0.0216. The zero-order valence-electron chi connectivity index (χ0n) is 12.0. The monoisotopic (exact) mass is 297 g/mol. The topological polar surface area (TPSA) is 20.3 Å². The molecular weight excluding hydrogens is 277 g/mol. The average molecular weight is 298 g/mol. The van der Waals surface area contributed by atoms with Gasteiger partial charge in [0.2, 0.25) is 0 Å². The van der Waals surface area contributed by atoms with E-state index in [9.17, 15) is 9.18 Å². The van der Waals surface area contributed by atoms with Crippen LogP contribution in [-0.4, -0.2) is 36.5 Å². The van der Waals surface area contributed by atoms with Gasteiger partial charge in [-0.05, 0) is 24.1 Å². The molecule has 2 nitrogen and oxygen atoms in total. The van der Waals surface area contributed by atoms with Crippen molar-refractivity contribution in [2.75, 3.05) is 19.6 Å². The first-order valence-corrected chi connectivity index (χ1v) is 7.50. The van der Waals surface area contributed by atoms with Gasteiger partial charge in [-0.3, -0.25) is 9.69 Å². The van der Waals surface area contributed by atoms with Gasteiger partial charge in [0.15, 0.2) is 0 Å². The molecule has 2 rings (SSSR count). The van der Waals surface area contributed by atoms with E-state index >= 15 is 0 Å². The minimum absolute atomic E-state index is 0.0283. The van der Waals surface area contributed by atoms with E-state index in [1.807, 2.05) is 30.9 Å². The second-order valence-electron chi connectivity index (χ2n) is 5.81. The molecule has 4 heteroatoms. The van der Waals surface area contributed by atoms with E-state index in [1.165, 1.54) is 0 Å². The molecule has 0 saturated carbocycles. The quantitative estimate of drug-likeness (QED) is 0.826. The molecule has 1 fully saturated rings. The molecule has 1 aromatic rings. The molecule has 1 heterocycles. The van der Waals surface area contributed by atoms with Gasteiger partial charge in [0.1, 0.15) is 12.0 Å². The fourth-order valence-corrected chi connectivity index (χ4v) is 2.79. The van der Waals surface area contributed by atoms with E-state index in [0.29, 0.717) is 24.5 Å². The number of hydrogen-bond acceptors (Lipinski definition) is 2. The van der Waals surface area contributed by atoms with Crippen LogP contribution in [0, 0.1) is 5.92 Å². The van der Waals surface area contributed by atoms with Crippen molar-refractivity contribution in [2.24, 2.45) is 5.92 Å². The van der Waals surface area contributed by atoms with Crippen molar-refractivity contribution in [1.29, 1.82) is 0 Å². The number of carbonyl (C=O) groups is 1. The Morgan fingerprint density at radius 3 is 2.55 bits per heavy atom. The highest BCUT2D eigenvalue weighted by molar-refractivity contribution is 6.30. The first-order valence-electron chi connectivity index (χ1n) is 7.13. The fourth-order valence-electron chi connectivity index (χ4n) is 2.67. The third-order valence-electron chi connectivity index (χ3n) is 3.84. The summed E-state index contributed by atoms with van der Waals surface area (Å²) in [5.41, 5.74) is 0.968. The lowest BCUT2D eigenvalue weighted by atomic mass is 9.88. The molecule has 1 aliphatic rings. The maximum Gasteiger partial charge on any atom is 0.144 e. The molecule has 0 amide bonds. The average Bonchev–Trinajstić information content (AvgIpc) is 2.82. The van der Waals surface area contributed by atoms with Crippen molar-refractivity contribution in [3.05, 3.63) is 34.9 Å². The number of halogens is 2. The van der Waals surface area contributed by atoms with E-state index < -0.39 is 6.17 Å². The summed E-state index contributed by atoms with van der Waals surface area (Å²) in [7, 11) is 0. The maximum absolute atomic E-state index is 13.3. The predicted octanol–water partition coefficient (Wildman–Crippen LogP) is 3.69. The number of carbonyl (C=O) groups excluding carboxylic acids is 1. The first-order chi connectivity index (χ1) is 9.47. The fraction of sp³-hybridized carbons (Fsp3) is 0.562. The Balaban J connectivity index is 2.16. The zero-order chi connectivity index (χ0) is 14.7. The molecule has 20 heavy (non-hydrogen) atoms. The Morgan fingerprint density at radius 2 is 2.05 bits per heavy atom. The highest BCUT2D eigenvalue weighted by atomic mass is 35.5. The van der Waals surface area contributed by atoms with Crippen LogP contribution in [0.3, 0.4) is 0 Å². The van der Waals surface area contributed by atoms with Crippen molar-refractivity contribution in [3.63, 3.8) is 0 Å². The van der Waals surface area contributed by atoms with Crippen molar-refractivity contribution >= 4 is 17.4 Å². The molecule has 110 valence electrons. The van der Waals surface area contributed by atoms with Crippen LogP contribution < -0.4 is 0 Å². The van der Waals surface area contributed by atoms with Crippen molar-refractivity contribution in [2.45, 2.75) is 32.4 Å². The van der Waals surface area contributed by atoms with E-state index in [4.69, 9.17) is 11.6 Å². The Hall–Kier alpha value is -0.930. The molecular formula is C16H21ClFNO. The first kappa shape index (κ1) is 15.5. The summed E-state index contributed by atoms with van der Waals surface area (Å²) in [4.78, 5) is 14.5. The Kier molecular flexibility index (Phi) is 5.17. The molecule has 0 radical (unpaired) electrons. The molecule has 0 N–H and O–H groups in total. The summed E-state index contributed by atoms with van der Waals surface area (Å²) < 4.78 is 13.3. The second kappa shape index (κ2) is 6.68. The number of likely N-dealkylation sites (tertiary alicyclic amines) is 1. The third-order valence-corrected chi connectivity index (χ3v) is 4.09. The van der Waals surface area contributed by atoms with Crippen molar-refractivity contribution in [1.82, 2.24) is 4.90 Å². The summed E-state index contributed by atoms with van der Waals surface area (Å²) in [6, 6.07) is 7.41. The van der Waals surface area contributed by atoms with Crippen LogP contribution in [0.5, 0.6) is 0 Å². The lowest BCUT2D eigenvalue weighted by Crippen LogP contribution is -2.32. The molecule has 0 spiro atoms. The van der Waals surface area contributed by atoms with Crippen LogP contribution in [0.2, 0.25) is 5.02 Å². The van der Waals surface area contributed by atoms with Gasteiger partial charge in [-0.1, -0.05) is 37.6 Å². The van der Waals surface area contributed by atoms with Crippen LogP contribution in [0.15, 0.2) is 24.3 Å². The van der Waals surface area contributed by atoms with Crippen LogP contribution in [0.25, 0.3) is 0 Å². The molecule has 0 aliphatic carbocycles. The number of rotatable bonds is 5. The number of Topliss-reactive ketones (excluding diaryl/α,β-unsaturated/α-hetero) is 1. The number of hydrogen-bond donors (Lipinski definition) is 0. The summed E-state index contributed by atoms with van der Waals surface area (Å²) in [6.45, 7) is 5.59. The summed E-state index contributed by atoms with van der Waals surface area (Å²) in [6.07, 6.45) is -0.182. The van der Waals surface area contributed by atoms with Gasteiger partial charge in [-0.2, -0.15) is 0 Å². The van der Waals surface area contributed by atoms with Crippen LogP contribution >= 0.6 is 11.6 Å². The van der Waals surface area contributed by atoms with E-state index in [0.717, 1.165) is 12.1 Å². The zero-order valence-corrected chi connectivity index (χ0v) is 12.7. The highest BCUT2D eigenvalue weighted by Gasteiger charge is 2.29. The molecule has 2 atom stereocenters. The maximum atomic E-state index is 13.3. The number of ketones is 1. The van der Waals surface area contributed by atoms with Crippen LogP contribution in [0.4, 0.5) is 4.39 Å². The van der Waals surface area contributed by atoms with E-state index in [1.54, 1.807) is 12.1 Å². The highest BCUT2D eigenvalue weighted by Crippen LogP contribution is 2.25. The number of alkyl halides is 1. The van der Waals surface area contributed by atoms with Crippen molar-refractivity contribution in [3.8, 4) is 0 Å². The van der Waals surface area contributed by atoms with Gasteiger partial charge in [0, 0.05) is 30.6 Å².